The molecular weight excluding hydrogens is 406 g/mol. The summed E-state index contributed by atoms with van der Waals surface area (Å²) >= 11 is 5.96. The van der Waals surface area contributed by atoms with Gasteiger partial charge in [-0.05, 0) is 48.5 Å². The van der Waals surface area contributed by atoms with Crippen LogP contribution in [-0.2, 0) is 0 Å². The van der Waals surface area contributed by atoms with Crippen molar-refractivity contribution in [2.45, 2.75) is 0 Å². The van der Waals surface area contributed by atoms with Crippen molar-refractivity contribution in [3.05, 3.63) is 77.1 Å². The summed E-state index contributed by atoms with van der Waals surface area (Å²) in [4.78, 5) is 35.5. The molecule has 2 heterocycles. The standard InChI is InChI=1S/C21H16ClN5O3/c1-23-20(29)18-11-15(8-9-24-18)30-14-5-2-12(3-6-14)19(28)27-21-25-16-7-4-13(22)10-17(16)26-21/h2-11H,1H3,(H,23,29)(H2,25,26,27,28). The number of hydrogen-bond donors (Lipinski definition) is 3. The van der Waals surface area contributed by atoms with Gasteiger partial charge in [-0.2, -0.15) is 0 Å². The molecule has 4 aromatic rings. The third kappa shape index (κ3) is 4.23. The number of benzene rings is 2. The molecule has 4 rings (SSSR count). The van der Waals surface area contributed by atoms with Gasteiger partial charge in [0.25, 0.3) is 11.8 Å². The van der Waals surface area contributed by atoms with Gasteiger partial charge in [0.05, 0.1) is 11.0 Å². The lowest BCUT2D eigenvalue weighted by Gasteiger charge is -2.08. The van der Waals surface area contributed by atoms with Crippen LogP contribution in [0.1, 0.15) is 20.8 Å². The van der Waals surface area contributed by atoms with Crippen molar-refractivity contribution in [2.75, 3.05) is 12.4 Å². The maximum absolute atomic E-state index is 12.5. The lowest BCUT2D eigenvalue weighted by molar-refractivity contribution is 0.0957. The van der Waals surface area contributed by atoms with Crippen LogP contribution in [0.15, 0.2) is 60.8 Å². The van der Waals surface area contributed by atoms with Gasteiger partial charge >= 0.3 is 0 Å². The summed E-state index contributed by atoms with van der Waals surface area (Å²) in [5.74, 6) is 0.676. The molecule has 150 valence electrons. The van der Waals surface area contributed by atoms with Crippen molar-refractivity contribution < 1.29 is 14.3 Å². The smallest absolute Gasteiger partial charge is 0.269 e. The topological polar surface area (TPSA) is 109 Å². The molecule has 0 spiro atoms. The van der Waals surface area contributed by atoms with Crippen LogP contribution < -0.4 is 15.4 Å². The summed E-state index contributed by atoms with van der Waals surface area (Å²) in [6.45, 7) is 0. The summed E-state index contributed by atoms with van der Waals surface area (Å²) in [7, 11) is 1.53. The fourth-order valence-corrected chi connectivity index (χ4v) is 2.93. The van der Waals surface area contributed by atoms with Gasteiger partial charge in [0.2, 0.25) is 5.95 Å². The predicted octanol–water partition coefficient (Wildman–Crippen LogP) is 4.02. The quantitative estimate of drug-likeness (QED) is 0.451. The Balaban J connectivity index is 1.45. The van der Waals surface area contributed by atoms with E-state index >= 15 is 0 Å². The Kier molecular flexibility index (Phi) is 5.32. The Morgan fingerprint density at radius 3 is 2.57 bits per heavy atom. The van der Waals surface area contributed by atoms with Gasteiger partial charge in [-0.15, -0.1) is 0 Å². The van der Waals surface area contributed by atoms with Crippen molar-refractivity contribution in [1.29, 1.82) is 0 Å². The van der Waals surface area contributed by atoms with Crippen molar-refractivity contribution in [1.82, 2.24) is 20.3 Å². The highest BCUT2D eigenvalue weighted by Crippen LogP contribution is 2.23. The average molecular weight is 422 g/mol. The van der Waals surface area contributed by atoms with Crippen LogP contribution in [0, 0.1) is 0 Å². The zero-order valence-electron chi connectivity index (χ0n) is 15.8. The van der Waals surface area contributed by atoms with Gasteiger partial charge in [-0.3, -0.25) is 19.9 Å². The molecule has 9 heteroatoms. The number of carbonyl (C=O) groups is 2. The molecule has 0 fully saturated rings. The number of nitrogens with zero attached hydrogens (tertiary/aromatic N) is 2. The average Bonchev–Trinajstić information content (AvgIpc) is 3.15. The zero-order valence-corrected chi connectivity index (χ0v) is 16.5. The first-order valence-electron chi connectivity index (χ1n) is 8.94. The first-order valence-corrected chi connectivity index (χ1v) is 9.32. The summed E-state index contributed by atoms with van der Waals surface area (Å²) in [6, 6.07) is 15.0. The van der Waals surface area contributed by atoms with Gasteiger partial charge < -0.3 is 15.0 Å². The van der Waals surface area contributed by atoms with Crippen LogP contribution in [0.5, 0.6) is 11.5 Å². The van der Waals surface area contributed by atoms with Crippen LogP contribution in [0.25, 0.3) is 11.0 Å². The Labute approximate surface area is 176 Å². The zero-order chi connectivity index (χ0) is 21.1. The molecule has 2 amide bonds. The largest absolute Gasteiger partial charge is 0.457 e. The number of imidazole rings is 1. The molecule has 0 aliphatic rings. The molecule has 0 bridgehead atoms. The number of ether oxygens (including phenoxy) is 1. The third-order valence-corrected chi connectivity index (χ3v) is 4.45. The normalized spacial score (nSPS) is 10.6. The fraction of sp³-hybridized carbons (Fsp3) is 0.0476. The van der Waals surface area contributed by atoms with Gasteiger partial charge in [0, 0.05) is 29.9 Å². The molecule has 2 aromatic heterocycles. The maximum Gasteiger partial charge on any atom is 0.269 e. The van der Waals surface area contributed by atoms with Crippen molar-refractivity contribution in [2.24, 2.45) is 0 Å². The van der Waals surface area contributed by atoms with Gasteiger partial charge in [0.15, 0.2) is 0 Å². The minimum atomic E-state index is -0.322. The third-order valence-electron chi connectivity index (χ3n) is 4.22. The predicted molar refractivity (Wildman–Crippen MR) is 113 cm³/mol. The molecule has 0 aliphatic carbocycles. The number of rotatable bonds is 5. The lowest BCUT2D eigenvalue weighted by Crippen LogP contribution is -2.18. The highest BCUT2D eigenvalue weighted by Gasteiger charge is 2.11. The first-order chi connectivity index (χ1) is 14.5. The van der Waals surface area contributed by atoms with E-state index in [1.165, 1.54) is 19.3 Å². The molecule has 0 saturated carbocycles. The number of anilines is 1. The Morgan fingerprint density at radius 1 is 1.00 bits per heavy atom. The number of H-pyrrole nitrogens is 1. The van der Waals surface area contributed by atoms with Crippen molar-refractivity contribution in [3.8, 4) is 11.5 Å². The highest BCUT2D eigenvalue weighted by atomic mass is 35.5. The fourth-order valence-electron chi connectivity index (χ4n) is 2.76. The molecular formula is C21H16ClN5O3. The number of hydrogen-bond acceptors (Lipinski definition) is 5. The van der Waals surface area contributed by atoms with Crippen molar-refractivity contribution in [3.63, 3.8) is 0 Å². The van der Waals surface area contributed by atoms with E-state index in [-0.39, 0.29) is 17.5 Å². The van der Waals surface area contributed by atoms with E-state index in [0.717, 1.165) is 5.52 Å². The number of carbonyl (C=O) groups excluding carboxylic acids is 2. The Bertz CT molecular complexity index is 1240. The number of pyridine rings is 1. The van der Waals surface area contributed by atoms with Gasteiger partial charge in [-0.25, -0.2) is 4.98 Å². The van der Waals surface area contributed by atoms with Crippen molar-refractivity contribution >= 4 is 40.4 Å². The second-order valence-electron chi connectivity index (χ2n) is 6.28. The Hall–Kier alpha value is -3.91. The molecule has 30 heavy (non-hydrogen) atoms. The molecule has 0 atom stereocenters. The highest BCUT2D eigenvalue weighted by molar-refractivity contribution is 6.31. The monoisotopic (exact) mass is 421 g/mol. The molecule has 3 N–H and O–H groups in total. The lowest BCUT2D eigenvalue weighted by atomic mass is 10.2. The minimum absolute atomic E-state index is 0.248. The van der Waals surface area contributed by atoms with Gasteiger partial charge in [0.1, 0.15) is 17.2 Å². The number of aromatic amines is 1. The molecule has 8 nitrogen and oxygen atoms in total. The van der Waals surface area contributed by atoms with E-state index in [1.807, 2.05) is 0 Å². The number of halogens is 1. The van der Waals surface area contributed by atoms with E-state index < -0.39 is 0 Å². The number of nitrogens with one attached hydrogen (secondary N) is 3. The number of fused-ring (bicyclic) bond motifs is 1. The van der Waals surface area contributed by atoms with Crippen LogP contribution in [0.4, 0.5) is 5.95 Å². The first kappa shape index (κ1) is 19.4. The summed E-state index contributed by atoms with van der Waals surface area (Å²) in [5, 5.41) is 5.81. The summed E-state index contributed by atoms with van der Waals surface area (Å²) in [6.07, 6.45) is 1.49. The number of aromatic nitrogens is 3. The molecule has 0 aliphatic heterocycles. The van der Waals surface area contributed by atoms with E-state index in [9.17, 15) is 9.59 Å². The SMILES string of the molecule is CNC(=O)c1cc(Oc2ccc(C(=O)Nc3nc4ccc(Cl)cc4[nH]3)cc2)ccn1. The summed E-state index contributed by atoms with van der Waals surface area (Å²) in [5.41, 5.74) is 2.11. The molecule has 0 unspecified atom stereocenters. The van der Waals surface area contributed by atoms with E-state index in [4.69, 9.17) is 16.3 Å². The van der Waals surface area contributed by atoms with E-state index in [1.54, 1.807) is 48.5 Å². The Morgan fingerprint density at radius 2 is 1.80 bits per heavy atom. The molecule has 0 radical (unpaired) electrons. The van der Waals surface area contributed by atoms with Crippen LogP contribution in [0.3, 0.4) is 0 Å². The van der Waals surface area contributed by atoms with Crippen LogP contribution in [-0.4, -0.2) is 33.8 Å². The maximum atomic E-state index is 12.5. The molecule has 0 saturated heterocycles. The van der Waals surface area contributed by atoms with Gasteiger partial charge in [-0.1, -0.05) is 11.6 Å². The van der Waals surface area contributed by atoms with Crippen LogP contribution in [0.2, 0.25) is 5.02 Å². The second-order valence-corrected chi connectivity index (χ2v) is 6.72. The molecule has 2 aromatic carbocycles. The minimum Gasteiger partial charge on any atom is -0.457 e. The number of amides is 2. The summed E-state index contributed by atoms with van der Waals surface area (Å²) < 4.78 is 5.74. The van der Waals surface area contributed by atoms with Crippen LogP contribution >= 0.6 is 11.6 Å². The second kappa shape index (κ2) is 8.22. The van der Waals surface area contributed by atoms with E-state index in [2.05, 4.69) is 25.6 Å². The van der Waals surface area contributed by atoms with E-state index in [0.29, 0.717) is 33.6 Å².